The molecule has 1 aliphatic heterocycles. The highest BCUT2D eigenvalue weighted by atomic mass is 16.5. The van der Waals surface area contributed by atoms with Gasteiger partial charge in [-0.1, -0.05) is 51.1 Å². The van der Waals surface area contributed by atoms with Crippen molar-refractivity contribution in [3.8, 4) is 0 Å². The zero-order valence-corrected chi connectivity index (χ0v) is 18.3. The Balaban J connectivity index is 1.56. The number of carbonyl (C=O) groups is 4. The summed E-state index contributed by atoms with van der Waals surface area (Å²) >= 11 is 0. The molecule has 2 aromatic rings. The fraction of sp³-hybridized carbons (Fsp3) is 0.292. The number of rotatable bonds is 5. The number of hydrogen-bond acceptors (Lipinski definition) is 6. The Bertz CT molecular complexity index is 1050. The summed E-state index contributed by atoms with van der Waals surface area (Å²) in [6, 6.07) is 15.6. The van der Waals surface area contributed by atoms with Crippen molar-refractivity contribution in [3.63, 3.8) is 0 Å². The summed E-state index contributed by atoms with van der Waals surface area (Å²) in [6.45, 7) is 5.55. The maximum atomic E-state index is 12.3. The second-order valence-electron chi connectivity index (χ2n) is 8.37. The van der Waals surface area contributed by atoms with Crippen molar-refractivity contribution in [2.45, 2.75) is 39.0 Å². The Kier molecular flexibility index (Phi) is 6.82. The number of para-hydroxylation sites is 1. The summed E-state index contributed by atoms with van der Waals surface area (Å²) in [7, 11) is 0. The standard InChI is InChI=1S/C24H25N3O5/c1-24(2,3)17-11-9-16(10-12-17)22(30)25-20(28)15-32-23(31)19-13-14-21(29)27(26-19)18-7-5-4-6-8-18/h4-12H,13-15H2,1-3H3,(H,25,28,30). The molecule has 166 valence electrons. The smallest absolute Gasteiger partial charge is 0.355 e. The van der Waals surface area contributed by atoms with Gasteiger partial charge in [-0.2, -0.15) is 5.10 Å². The second kappa shape index (κ2) is 9.55. The van der Waals surface area contributed by atoms with E-state index in [1.807, 2.05) is 12.1 Å². The summed E-state index contributed by atoms with van der Waals surface area (Å²) in [5, 5.41) is 7.41. The molecule has 0 aromatic heterocycles. The van der Waals surface area contributed by atoms with E-state index in [2.05, 4.69) is 31.2 Å². The largest absolute Gasteiger partial charge is 0.451 e. The third kappa shape index (κ3) is 5.66. The van der Waals surface area contributed by atoms with E-state index in [-0.39, 0.29) is 29.9 Å². The van der Waals surface area contributed by atoms with E-state index >= 15 is 0 Å². The van der Waals surface area contributed by atoms with Crippen LogP contribution < -0.4 is 10.3 Å². The van der Waals surface area contributed by atoms with Crippen LogP contribution in [-0.4, -0.2) is 36.0 Å². The number of amides is 3. The van der Waals surface area contributed by atoms with Crippen LogP contribution in [0.4, 0.5) is 5.69 Å². The molecule has 32 heavy (non-hydrogen) atoms. The van der Waals surface area contributed by atoms with Gasteiger partial charge >= 0.3 is 5.97 Å². The van der Waals surface area contributed by atoms with Crippen LogP contribution in [0.25, 0.3) is 0 Å². The molecule has 3 rings (SSSR count). The Morgan fingerprint density at radius 3 is 2.28 bits per heavy atom. The molecular weight excluding hydrogens is 410 g/mol. The predicted octanol–water partition coefficient (Wildman–Crippen LogP) is 2.97. The molecule has 0 saturated heterocycles. The highest BCUT2D eigenvalue weighted by Crippen LogP contribution is 2.22. The third-order valence-corrected chi connectivity index (χ3v) is 4.87. The van der Waals surface area contributed by atoms with Gasteiger partial charge < -0.3 is 4.74 Å². The summed E-state index contributed by atoms with van der Waals surface area (Å²) in [4.78, 5) is 48.8. The Morgan fingerprint density at radius 1 is 1.00 bits per heavy atom. The Labute approximate surface area is 186 Å². The SMILES string of the molecule is CC(C)(C)c1ccc(C(=O)NC(=O)COC(=O)C2=NN(c3ccccc3)C(=O)CC2)cc1. The van der Waals surface area contributed by atoms with Crippen molar-refractivity contribution in [2.24, 2.45) is 5.10 Å². The molecule has 0 atom stereocenters. The lowest BCUT2D eigenvalue weighted by Crippen LogP contribution is -2.37. The molecule has 8 heteroatoms. The number of hydrazone groups is 1. The van der Waals surface area contributed by atoms with E-state index < -0.39 is 24.4 Å². The van der Waals surface area contributed by atoms with E-state index in [0.717, 1.165) is 10.6 Å². The number of anilines is 1. The minimum absolute atomic E-state index is 0.0327. The molecule has 2 aromatic carbocycles. The van der Waals surface area contributed by atoms with E-state index in [1.165, 1.54) is 0 Å². The number of hydrogen-bond donors (Lipinski definition) is 1. The van der Waals surface area contributed by atoms with Gasteiger partial charge in [-0.15, -0.1) is 0 Å². The van der Waals surface area contributed by atoms with Gasteiger partial charge in [-0.05, 0) is 35.2 Å². The van der Waals surface area contributed by atoms with Gasteiger partial charge in [-0.25, -0.2) is 9.80 Å². The van der Waals surface area contributed by atoms with Crippen LogP contribution in [0.2, 0.25) is 0 Å². The summed E-state index contributed by atoms with van der Waals surface area (Å²) < 4.78 is 4.99. The maximum Gasteiger partial charge on any atom is 0.355 e. The average molecular weight is 435 g/mol. The van der Waals surface area contributed by atoms with E-state index in [1.54, 1.807) is 42.5 Å². The molecular formula is C24H25N3O5. The van der Waals surface area contributed by atoms with Gasteiger partial charge in [0, 0.05) is 18.4 Å². The van der Waals surface area contributed by atoms with Gasteiger partial charge in [0.05, 0.1) is 5.69 Å². The van der Waals surface area contributed by atoms with Crippen LogP contribution in [0.3, 0.4) is 0 Å². The van der Waals surface area contributed by atoms with Crippen molar-refractivity contribution in [2.75, 3.05) is 11.6 Å². The van der Waals surface area contributed by atoms with Crippen LogP contribution in [0, 0.1) is 0 Å². The van der Waals surface area contributed by atoms with Crippen molar-refractivity contribution in [3.05, 3.63) is 65.7 Å². The molecule has 0 unspecified atom stereocenters. The van der Waals surface area contributed by atoms with Crippen LogP contribution in [0.5, 0.6) is 0 Å². The van der Waals surface area contributed by atoms with Crippen molar-refractivity contribution in [1.29, 1.82) is 0 Å². The number of ether oxygens (including phenoxy) is 1. The molecule has 0 saturated carbocycles. The molecule has 1 N–H and O–H groups in total. The second-order valence-corrected chi connectivity index (χ2v) is 8.37. The highest BCUT2D eigenvalue weighted by molar-refractivity contribution is 6.38. The van der Waals surface area contributed by atoms with Crippen molar-refractivity contribution >= 4 is 35.1 Å². The van der Waals surface area contributed by atoms with E-state index in [9.17, 15) is 19.2 Å². The lowest BCUT2D eigenvalue weighted by Gasteiger charge is -2.22. The van der Waals surface area contributed by atoms with Crippen molar-refractivity contribution in [1.82, 2.24) is 5.32 Å². The lowest BCUT2D eigenvalue weighted by molar-refractivity contribution is -0.142. The molecule has 0 spiro atoms. The molecule has 0 fully saturated rings. The molecule has 0 radical (unpaired) electrons. The first kappa shape index (κ1) is 22.9. The Morgan fingerprint density at radius 2 is 1.66 bits per heavy atom. The number of benzene rings is 2. The molecule has 1 heterocycles. The highest BCUT2D eigenvalue weighted by Gasteiger charge is 2.27. The molecule has 0 bridgehead atoms. The van der Waals surface area contributed by atoms with Gasteiger partial charge in [-0.3, -0.25) is 19.7 Å². The molecule has 0 aliphatic carbocycles. The Hall–Kier alpha value is -3.81. The van der Waals surface area contributed by atoms with Crippen LogP contribution in [0.15, 0.2) is 59.7 Å². The lowest BCUT2D eigenvalue weighted by atomic mass is 9.87. The third-order valence-electron chi connectivity index (χ3n) is 4.87. The zero-order valence-electron chi connectivity index (χ0n) is 18.3. The molecule has 8 nitrogen and oxygen atoms in total. The summed E-state index contributed by atoms with van der Waals surface area (Å²) in [6.07, 6.45) is 0.208. The first-order chi connectivity index (χ1) is 15.1. The number of nitrogens with one attached hydrogen (secondary N) is 1. The van der Waals surface area contributed by atoms with Crippen LogP contribution in [0.1, 0.15) is 49.5 Å². The van der Waals surface area contributed by atoms with Gasteiger partial charge in [0.2, 0.25) is 5.91 Å². The quantitative estimate of drug-likeness (QED) is 0.727. The fourth-order valence-corrected chi connectivity index (χ4v) is 3.04. The monoisotopic (exact) mass is 435 g/mol. The normalized spacial score (nSPS) is 13.9. The average Bonchev–Trinajstić information content (AvgIpc) is 2.78. The topological polar surface area (TPSA) is 105 Å². The molecule has 1 aliphatic rings. The number of carbonyl (C=O) groups excluding carboxylic acids is 4. The minimum atomic E-state index is -0.810. The predicted molar refractivity (Wildman–Crippen MR) is 119 cm³/mol. The van der Waals surface area contributed by atoms with Crippen LogP contribution >= 0.6 is 0 Å². The van der Waals surface area contributed by atoms with Crippen LogP contribution in [-0.2, 0) is 24.5 Å². The van der Waals surface area contributed by atoms with Crippen molar-refractivity contribution < 1.29 is 23.9 Å². The van der Waals surface area contributed by atoms with Gasteiger partial charge in [0.25, 0.3) is 11.8 Å². The molecule has 3 amide bonds. The summed E-state index contributed by atoms with van der Waals surface area (Å²) in [5.41, 5.74) is 1.90. The first-order valence-corrected chi connectivity index (χ1v) is 10.2. The van der Waals surface area contributed by atoms with Gasteiger partial charge in [0.15, 0.2) is 6.61 Å². The summed E-state index contributed by atoms with van der Waals surface area (Å²) in [5.74, 6) is -2.39. The zero-order chi connectivity index (χ0) is 23.3. The number of nitrogens with zero attached hydrogens (tertiary/aromatic N) is 2. The number of esters is 1. The van der Waals surface area contributed by atoms with E-state index in [0.29, 0.717) is 11.3 Å². The van der Waals surface area contributed by atoms with Gasteiger partial charge in [0.1, 0.15) is 5.71 Å². The maximum absolute atomic E-state index is 12.3. The fourth-order valence-electron chi connectivity index (χ4n) is 3.04. The number of imide groups is 1. The first-order valence-electron chi connectivity index (χ1n) is 10.2. The van der Waals surface area contributed by atoms with E-state index in [4.69, 9.17) is 4.74 Å². The minimum Gasteiger partial charge on any atom is -0.451 e.